The van der Waals surface area contributed by atoms with Gasteiger partial charge in [0.15, 0.2) is 0 Å². The Bertz CT molecular complexity index is 41.6. The number of allylic oxidation sites excluding steroid dienone is 2. The van der Waals surface area contributed by atoms with Gasteiger partial charge in [-0.15, -0.1) is 0 Å². The van der Waals surface area contributed by atoms with Gasteiger partial charge in [0.25, 0.3) is 0 Å². The van der Waals surface area contributed by atoms with Gasteiger partial charge < -0.3 is 0 Å². The van der Waals surface area contributed by atoms with Crippen LogP contribution >= 0.6 is 0 Å². The fraction of sp³-hybridized carbons (Fsp3) is 0.500. The van der Waals surface area contributed by atoms with E-state index in [1.807, 2.05) is 0 Å². The van der Waals surface area contributed by atoms with Gasteiger partial charge in [0.1, 0.15) is 0 Å². The highest BCUT2D eigenvalue weighted by Gasteiger charge is 1.60. The molecule has 0 N–H and O–H groups in total. The molecule has 1 heteroatoms. The molecule has 0 aromatic heterocycles. The van der Waals surface area contributed by atoms with Crippen LogP contribution in [0.4, 0.5) is 0 Å². The smallest absolute Gasteiger partial charge is 0.0325 e. The van der Waals surface area contributed by atoms with E-state index < -0.39 is 0 Å². The van der Waals surface area contributed by atoms with Gasteiger partial charge in [-0.3, -0.25) is 0 Å². The van der Waals surface area contributed by atoms with E-state index in [1.165, 1.54) is 15.4 Å². The summed E-state index contributed by atoms with van der Waals surface area (Å²) in [6.45, 7) is 4.22. The average Bonchev–Trinajstić information content (AvgIpc) is 1.38. The van der Waals surface area contributed by atoms with Crippen molar-refractivity contribution in [3.05, 3.63) is 11.3 Å². The molecule has 0 saturated heterocycles. The first-order valence-corrected chi connectivity index (χ1v) is 2.87. The van der Waals surface area contributed by atoms with Crippen LogP contribution in [0.15, 0.2) is 11.3 Å². The number of hydrogen-bond donors (Lipinski definition) is 0. The molecule has 0 aliphatic rings. The molecule has 0 bridgehead atoms. The lowest BCUT2D eigenvalue weighted by molar-refractivity contribution is 1.59. The van der Waals surface area contributed by atoms with Gasteiger partial charge in [-0.05, 0) is 13.8 Å². The van der Waals surface area contributed by atoms with Crippen LogP contribution in [-0.2, 0) is 0 Å². The zero-order valence-electron chi connectivity index (χ0n) is 4.08. The first-order chi connectivity index (χ1) is 2.27. The molecular weight excluding hydrogens is 76.1 g/mol. The van der Waals surface area contributed by atoms with E-state index in [2.05, 4.69) is 19.9 Å². The van der Waals surface area contributed by atoms with Crippen molar-refractivity contribution < 1.29 is 0 Å². The Balaban J connectivity index is 3.14. The zero-order valence-corrected chi connectivity index (χ0v) is 6.08. The summed E-state index contributed by atoms with van der Waals surface area (Å²) >= 11 is 0. The highest BCUT2D eigenvalue weighted by atomic mass is 28.1. The monoisotopic (exact) mass is 86.1 g/mol. The Morgan fingerprint density at radius 2 is 2.00 bits per heavy atom. The fourth-order valence-corrected chi connectivity index (χ4v) is 0. The van der Waals surface area contributed by atoms with Crippen LogP contribution in [0.5, 0.6) is 0 Å². The molecule has 0 unspecified atom stereocenters. The lowest BCUT2D eigenvalue weighted by Crippen LogP contribution is -1.62. The summed E-state index contributed by atoms with van der Waals surface area (Å²) < 4.78 is 0. The van der Waals surface area contributed by atoms with E-state index in [0.717, 1.165) is 0 Å². The second-order valence-corrected chi connectivity index (χ2v) is 2.94. The Morgan fingerprint density at radius 3 is 2.00 bits per heavy atom. The van der Waals surface area contributed by atoms with Gasteiger partial charge in [0.2, 0.25) is 0 Å². The predicted octanol–water partition coefficient (Wildman–Crippen LogP) is 0.275. The minimum Gasteiger partial charge on any atom is -0.0990 e. The van der Waals surface area contributed by atoms with Gasteiger partial charge in [-0.1, -0.05) is 11.3 Å². The van der Waals surface area contributed by atoms with Crippen molar-refractivity contribution in [3.8, 4) is 0 Å². The van der Waals surface area contributed by atoms with Crippen molar-refractivity contribution in [2.24, 2.45) is 0 Å². The molecular formula is C4H10Si. The number of rotatable bonds is 0. The fourth-order valence-electron chi connectivity index (χ4n) is 0. The standard InChI is InChI=1S/C4H10Si/c1-3-4(2)5/h3H,1-2,5H3/b4-3-. The largest absolute Gasteiger partial charge is 0.0990 e. The normalized spacial score (nSPS) is 12.8. The summed E-state index contributed by atoms with van der Waals surface area (Å²) in [4.78, 5) is 0. The zero-order chi connectivity index (χ0) is 4.28. The Kier molecular flexibility index (Phi) is 2.19. The third-order valence-electron chi connectivity index (χ3n) is 0.577. The van der Waals surface area contributed by atoms with Crippen LogP contribution in [0.25, 0.3) is 0 Å². The second kappa shape index (κ2) is 2.21. The highest BCUT2D eigenvalue weighted by molar-refractivity contribution is 6.21. The summed E-state index contributed by atoms with van der Waals surface area (Å²) in [6, 6.07) is 0. The summed E-state index contributed by atoms with van der Waals surface area (Å²) in [5.74, 6) is 0. The topological polar surface area (TPSA) is 0 Å². The van der Waals surface area contributed by atoms with E-state index >= 15 is 0 Å². The maximum absolute atomic E-state index is 2.15. The van der Waals surface area contributed by atoms with Crippen molar-refractivity contribution in [2.45, 2.75) is 13.8 Å². The average molecular weight is 86.2 g/mol. The molecule has 0 aliphatic carbocycles. The Morgan fingerprint density at radius 1 is 1.80 bits per heavy atom. The third-order valence-corrected chi connectivity index (χ3v) is 1.15. The minimum atomic E-state index is 1.23. The quantitative estimate of drug-likeness (QED) is 0.371. The Labute approximate surface area is 36.3 Å². The molecule has 0 aromatic rings. The predicted molar refractivity (Wildman–Crippen MR) is 29.4 cm³/mol. The van der Waals surface area contributed by atoms with Gasteiger partial charge in [-0.25, -0.2) is 0 Å². The van der Waals surface area contributed by atoms with Crippen molar-refractivity contribution in [1.82, 2.24) is 0 Å². The van der Waals surface area contributed by atoms with Crippen LogP contribution in [0.3, 0.4) is 0 Å². The molecule has 0 atom stereocenters. The molecule has 30 valence electrons. The van der Waals surface area contributed by atoms with Gasteiger partial charge in [0.05, 0.1) is 0 Å². The van der Waals surface area contributed by atoms with Crippen LogP contribution < -0.4 is 0 Å². The molecule has 0 radical (unpaired) electrons. The van der Waals surface area contributed by atoms with Crippen LogP contribution in [0.2, 0.25) is 0 Å². The maximum Gasteiger partial charge on any atom is 0.0325 e. The lowest BCUT2D eigenvalue weighted by atomic mass is 10.6. The third kappa shape index (κ3) is 3.96. The molecule has 0 aromatic carbocycles. The van der Waals surface area contributed by atoms with Gasteiger partial charge >= 0.3 is 0 Å². The van der Waals surface area contributed by atoms with E-state index in [1.54, 1.807) is 0 Å². The van der Waals surface area contributed by atoms with Crippen LogP contribution in [-0.4, -0.2) is 10.2 Å². The van der Waals surface area contributed by atoms with E-state index in [-0.39, 0.29) is 0 Å². The molecule has 0 nitrogen and oxygen atoms in total. The van der Waals surface area contributed by atoms with Crippen LogP contribution in [0.1, 0.15) is 13.8 Å². The minimum absolute atomic E-state index is 1.23. The van der Waals surface area contributed by atoms with Crippen molar-refractivity contribution >= 4 is 10.2 Å². The van der Waals surface area contributed by atoms with E-state index in [4.69, 9.17) is 0 Å². The van der Waals surface area contributed by atoms with Crippen molar-refractivity contribution in [2.75, 3.05) is 0 Å². The van der Waals surface area contributed by atoms with E-state index in [9.17, 15) is 0 Å². The molecule has 0 fully saturated rings. The molecule has 0 heterocycles. The van der Waals surface area contributed by atoms with Gasteiger partial charge in [-0.2, -0.15) is 0 Å². The Hall–Kier alpha value is -0.0431. The van der Waals surface area contributed by atoms with Crippen molar-refractivity contribution in [1.29, 1.82) is 0 Å². The van der Waals surface area contributed by atoms with Gasteiger partial charge in [0, 0.05) is 10.2 Å². The molecule has 0 rings (SSSR count). The lowest BCUT2D eigenvalue weighted by Gasteiger charge is -1.73. The molecule has 0 aliphatic heterocycles. The SMILES string of the molecule is C/C=C(/C)[SiH3]. The summed E-state index contributed by atoms with van der Waals surface area (Å²) in [5.41, 5.74) is 0. The summed E-state index contributed by atoms with van der Waals surface area (Å²) in [6.07, 6.45) is 2.15. The first-order valence-electron chi connectivity index (χ1n) is 1.87. The first kappa shape index (κ1) is 4.96. The van der Waals surface area contributed by atoms with E-state index in [0.29, 0.717) is 0 Å². The molecule has 0 spiro atoms. The molecule has 5 heavy (non-hydrogen) atoms. The highest BCUT2D eigenvalue weighted by Crippen LogP contribution is 1.76. The van der Waals surface area contributed by atoms with Crippen molar-refractivity contribution in [3.63, 3.8) is 0 Å². The molecule has 0 saturated carbocycles. The molecule has 0 amide bonds. The maximum atomic E-state index is 2.15. The number of hydrogen-bond acceptors (Lipinski definition) is 0. The van der Waals surface area contributed by atoms with Crippen LogP contribution in [0, 0.1) is 0 Å². The second-order valence-electron chi connectivity index (χ2n) is 1.37. The summed E-state index contributed by atoms with van der Waals surface area (Å²) in [7, 11) is 1.23. The summed E-state index contributed by atoms with van der Waals surface area (Å²) in [5, 5.41) is 1.52.